The van der Waals surface area contributed by atoms with Crippen LogP contribution in [0.4, 0.5) is 26.0 Å². The number of amides is 1. The number of halogens is 2. The number of imidazole rings is 1. The van der Waals surface area contributed by atoms with Crippen molar-refractivity contribution in [3.05, 3.63) is 60.4 Å². The molecule has 10 nitrogen and oxygen atoms in total. The van der Waals surface area contributed by atoms with Gasteiger partial charge in [-0.1, -0.05) is 12.1 Å². The summed E-state index contributed by atoms with van der Waals surface area (Å²) in [6, 6.07) is 10.8. The number of fused-ring (bicyclic) bond motifs is 3. The van der Waals surface area contributed by atoms with Crippen LogP contribution in [-0.2, 0) is 14.9 Å². The lowest BCUT2D eigenvalue weighted by atomic mass is 9.73. The van der Waals surface area contributed by atoms with Gasteiger partial charge in [-0.3, -0.25) is 19.6 Å². The van der Waals surface area contributed by atoms with Crippen LogP contribution in [0.25, 0.3) is 22.3 Å². The number of anilines is 3. The number of nitrogens with one attached hydrogen (secondary N) is 1. The number of piperidine rings is 1. The van der Waals surface area contributed by atoms with Crippen molar-refractivity contribution in [2.24, 2.45) is 0 Å². The summed E-state index contributed by atoms with van der Waals surface area (Å²) in [4.78, 5) is 35.3. The standard InChI is InChI=1S/C38H44F2N8O2/c1-23(2)47-22-42-32-17-31(44-35(34(32)47)43-30-6-10-41-18-29(30)39)24-4-5-28-33(14-24)48(26-15-25(16-26)46-11-7-37(3,40)21-46)36(49)38(28)8-12-45(13-9-38)27-19-50-20-27/h4-6,10,14,17-18,22-23,25-27H,7-9,11-13,15-16,19-21H2,1-3H3,(H,41,43,44)/t25-,26+,37-/m0/s1. The van der Waals surface area contributed by atoms with Gasteiger partial charge >= 0.3 is 0 Å². The summed E-state index contributed by atoms with van der Waals surface area (Å²) in [7, 11) is 0. The SMILES string of the molecule is CC(C)n1cnc2cc(-c3ccc4c(c3)N([C@H]3C[C@@H](N5CC[C@](C)(F)C5)C3)C(=O)C43CCN(C4COC4)CC3)nc(Nc3ccncc3F)c21. The number of ether oxygens (including phenoxy) is 1. The van der Waals surface area contributed by atoms with Gasteiger partial charge in [0.1, 0.15) is 11.2 Å². The van der Waals surface area contributed by atoms with Gasteiger partial charge in [0, 0.05) is 48.7 Å². The van der Waals surface area contributed by atoms with Gasteiger partial charge in [0.15, 0.2) is 11.6 Å². The van der Waals surface area contributed by atoms with Crippen LogP contribution in [0, 0.1) is 5.82 Å². The van der Waals surface area contributed by atoms with Crippen LogP contribution < -0.4 is 10.2 Å². The molecular formula is C38H44F2N8O2. The van der Waals surface area contributed by atoms with Crippen LogP contribution in [-0.4, -0.2) is 98.4 Å². The minimum Gasteiger partial charge on any atom is -0.378 e. The third-order valence-corrected chi connectivity index (χ3v) is 12.0. The quantitative estimate of drug-likeness (QED) is 0.254. The van der Waals surface area contributed by atoms with Crippen molar-refractivity contribution >= 4 is 34.1 Å². The van der Waals surface area contributed by atoms with E-state index in [1.54, 1.807) is 25.5 Å². The van der Waals surface area contributed by atoms with Crippen molar-refractivity contribution in [3.63, 3.8) is 0 Å². The molecule has 1 N–H and O–H groups in total. The molecular weight excluding hydrogens is 638 g/mol. The Bertz CT molecular complexity index is 1960. The first-order valence-corrected chi connectivity index (χ1v) is 18.1. The maximum atomic E-state index is 14.8. The highest BCUT2D eigenvalue weighted by Crippen LogP contribution is 2.52. The lowest BCUT2D eigenvalue weighted by Gasteiger charge is -2.47. The van der Waals surface area contributed by atoms with Gasteiger partial charge in [-0.05, 0) is 89.7 Å². The largest absolute Gasteiger partial charge is 0.378 e. The molecule has 0 unspecified atom stereocenters. The molecule has 5 aliphatic rings. The monoisotopic (exact) mass is 682 g/mol. The van der Waals surface area contributed by atoms with E-state index in [2.05, 4.69) is 57.0 Å². The first kappa shape index (κ1) is 31.9. The van der Waals surface area contributed by atoms with Gasteiger partial charge in [-0.25, -0.2) is 18.7 Å². The highest BCUT2D eigenvalue weighted by atomic mass is 19.1. The number of nitrogens with zero attached hydrogens (tertiary/aromatic N) is 7. The number of carbonyl (C=O) groups is 1. The number of pyridine rings is 2. The maximum Gasteiger partial charge on any atom is 0.238 e. The Kier molecular flexibility index (Phi) is 7.53. The summed E-state index contributed by atoms with van der Waals surface area (Å²) in [6.45, 7) is 10.3. The fraction of sp³-hybridized carbons (Fsp3) is 0.526. The molecule has 50 heavy (non-hydrogen) atoms. The number of hydrogen-bond acceptors (Lipinski definition) is 8. The molecule has 4 aliphatic heterocycles. The van der Waals surface area contributed by atoms with E-state index >= 15 is 0 Å². The number of hydrogen-bond donors (Lipinski definition) is 1. The second kappa shape index (κ2) is 11.8. The molecule has 7 heterocycles. The van der Waals surface area contributed by atoms with E-state index in [4.69, 9.17) is 14.7 Å². The van der Waals surface area contributed by atoms with E-state index in [0.717, 1.165) is 86.4 Å². The van der Waals surface area contributed by atoms with Gasteiger partial charge in [0.25, 0.3) is 0 Å². The van der Waals surface area contributed by atoms with E-state index in [1.807, 2.05) is 10.6 Å². The minimum atomic E-state index is -1.14. The second-order valence-electron chi connectivity index (χ2n) is 15.6. The van der Waals surface area contributed by atoms with E-state index in [1.165, 1.54) is 6.20 Å². The first-order valence-electron chi connectivity index (χ1n) is 18.1. The molecule has 3 saturated heterocycles. The molecule has 0 radical (unpaired) electrons. The molecule has 9 rings (SSSR count). The molecule has 262 valence electrons. The Balaban J connectivity index is 1.09. The second-order valence-corrected chi connectivity index (χ2v) is 15.6. The summed E-state index contributed by atoms with van der Waals surface area (Å²) in [6.07, 6.45) is 8.32. The van der Waals surface area contributed by atoms with E-state index in [-0.39, 0.29) is 29.7 Å². The van der Waals surface area contributed by atoms with Crippen molar-refractivity contribution in [3.8, 4) is 11.3 Å². The number of benzene rings is 1. The van der Waals surface area contributed by atoms with Gasteiger partial charge in [-0.2, -0.15) is 0 Å². The fourth-order valence-corrected chi connectivity index (χ4v) is 8.93. The highest BCUT2D eigenvalue weighted by molar-refractivity contribution is 6.09. The zero-order chi connectivity index (χ0) is 34.4. The topological polar surface area (TPSA) is 91.7 Å². The van der Waals surface area contributed by atoms with Gasteiger partial charge in [0.05, 0.1) is 54.1 Å². The Hall–Kier alpha value is -4.00. The van der Waals surface area contributed by atoms with Crippen molar-refractivity contribution in [2.75, 3.05) is 49.6 Å². The minimum absolute atomic E-state index is 0.0643. The summed E-state index contributed by atoms with van der Waals surface area (Å²) in [5, 5.41) is 3.22. The Morgan fingerprint density at radius 3 is 2.46 bits per heavy atom. The molecule has 1 aromatic carbocycles. The zero-order valence-corrected chi connectivity index (χ0v) is 28.9. The number of rotatable bonds is 7. The third-order valence-electron chi connectivity index (χ3n) is 12.0. The lowest BCUT2D eigenvalue weighted by molar-refractivity contribution is -0.128. The summed E-state index contributed by atoms with van der Waals surface area (Å²) in [5.74, 6) is 0.225. The lowest BCUT2D eigenvalue weighted by Crippen LogP contribution is -2.59. The van der Waals surface area contributed by atoms with Crippen molar-refractivity contribution in [1.29, 1.82) is 0 Å². The van der Waals surface area contributed by atoms with Gasteiger partial charge in [-0.15, -0.1) is 0 Å². The third kappa shape index (κ3) is 5.12. The molecule has 4 aromatic rings. The molecule has 12 heteroatoms. The Morgan fingerprint density at radius 2 is 1.78 bits per heavy atom. The van der Waals surface area contributed by atoms with Crippen LogP contribution in [0.5, 0.6) is 0 Å². The van der Waals surface area contributed by atoms with Crippen molar-refractivity contribution in [2.45, 2.75) is 88.1 Å². The molecule has 1 amide bonds. The highest BCUT2D eigenvalue weighted by Gasteiger charge is 2.56. The average molecular weight is 683 g/mol. The van der Waals surface area contributed by atoms with Crippen LogP contribution in [0.15, 0.2) is 49.1 Å². The average Bonchev–Trinajstić information content (AvgIpc) is 3.71. The number of carbonyl (C=O) groups excluding carboxylic acids is 1. The number of alkyl halides is 1. The van der Waals surface area contributed by atoms with Gasteiger partial charge in [0.2, 0.25) is 5.91 Å². The fourth-order valence-electron chi connectivity index (χ4n) is 8.93. The van der Waals surface area contributed by atoms with Crippen LogP contribution in [0.2, 0.25) is 0 Å². The zero-order valence-electron chi connectivity index (χ0n) is 28.9. The van der Waals surface area contributed by atoms with E-state index < -0.39 is 16.9 Å². The van der Waals surface area contributed by atoms with E-state index in [9.17, 15) is 13.6 Å². The number of likely N-dealkylation sites (tertiary alicyclic amines) is 2. The molecule has 1 atom stereocenters. The van der Waals surface area contributed by atoms with Crippen molar-refractivity contribution in [1.82, 2.24) is 29.3 Å². The Labute approximate surface area is 290 Å². The molecule has 1 saturated carbocycles. The van der Waals surface area contributed by atoms with Crippen molar-refractivity contribution < 1.29 is 18.3 Å². The predicted molar refractivity (Wildman–Crippen MR) is 188 cm³/mol. The predicted octanol–water partition coefficient (Wildman–Crippen LogP) is 6.00. The van der Waals surface area contributed by atoms with Crippen LogP contribution in [0.1, 0.15) is 64.5 Å². The number of aromatic nitrogens is 4. The Morgan fingerprint density at radius 1 is 1.00 bits per heavy atom. The molecule has 1 aliphatic carbocycles. The molecule has 1 spiro atoms. The summed E-state index contributed by atoms with van der Waals surface area (Å²) < 4.78 is 37.1. The van der Waals surface area contributed by atoms with Gasteiger partial charge < -0.3 is 19.5 Å². The maximum absolute atomic E-state index is 14.8. The summed E-state index contributed by atoms with van der Waals surface area (Å²) in [5.41, 5.74) is 3.70. The molecule has 3 aromatic heterocycles. The van der Waals surface area contributed by atoms with Crippen LogP contribution >= 0.6 is 0 Å². The summed E-state index contributed by atoms with van der Waals surface area (Å²) >= 11 is 0. The van der Waals surface area contributed by atoms with Crippen LogP contribution in [0.3, 0.4) is 0 Å². The molecule has 4 fully saturated rings. The normalized spacial score (nSPS) is 26.9. The smallest absolute Gasteiger partial charge is 0.238 e. The first-order chi connectivity index (χ1) is 24.1. The van der Waals surface area contributed by atoms with E-state index in [0.29, 0.717) is 30.5 Å². The molecule has 0 bridgehead atoms.